The lowest BCUT2D eigenvalue weighted by molar-refractivity contribution is -0.0490. The van der Waals surface area contributed by atoms with Crippen LogP contribution >= 0.6 is 0 Å². The highest BCUT2D eigenvalue weighted by atomic mass is 28.4. The predicted octanol–water partition coefficient (Wildman–Crippen LogP) is 6.02. The highest BCUT2D eigenvalue weighted by Crippen LogP contribution is 2.39. The molecule has 1 aromatic carbocycles. The van der Waals surface area contributed by atoms with Gasteiger partial charge in [0.2, 0.25) is 12.1 Å². The van der Waals surface area contributed by atoms with E-state index in [4.69, 9.17) is 18.3 Å². The number of Topliss-reactive ketones (excluding diaryl/α,β-unsaturated/α-hetero) is 1. The van der Waals surface area contributed by atoms with Gasteiger partial charge in [0.15, 0.2) is 16.6 Å². The van der Waals surface area contributed by atoms with E-state index < -0.39 is 22.9 Å². The first-order chi connectivity index (χ1) is 14.1. The second-order valence-electron chi connectivity index (χ2n) is 11.6. The van der Waals surface area contributed by atoms with Gasteiger partial charge in [0.1, 0.15) is 12.2 Å². The number of rotatable bonds is 8. The molecule has 0 N–H and O–H groups in total. The van der Waals surface area contributed by atoms with Crippen LogP contribution in [0, 0.1) is 0 Å². The Morgan fingerprint density at radius 2 is 1.19 bits per heavy atom. The molecule has 0 radical (unpaired) electrons. The molecule has 5 nitrogen and oxygen atoms in total. The second-order valence-corrected chi connectivity index (χ2v) is 21.2. The molecule has 176 valence electrons. The third-order valence-electron chi connectivity index (χ3n) is 7.11. The van der Waals surface area contributed by atoms with Crippen LogP contribution in [0.15, 0.2) is 30.3 Å². The molecule has 0 unspecified atom stereocenters. The molecule has 7 heteroatoms. The van der Waals surface area contributed by atoms with Crippen molar-refractivity contribution in [1.29, 1.82) is 0 Å². The summed E-state index contributed by atoms with van der Waals surface area (Å²) in [6, 6.07) is 9.15. The average Bonchev–Trinajstić information content (AvgIpc) is 3.06. The molecule has 0 saturated carbocycles. The van der Waals surface area contributed by atoms with Gasteiger partial charge in [-0.2, -0.15) is 0 Å². The molecule has 31 heavy (non-hydrogen) atoms. The van der Waals surface area contributed by atoms with E-state index in [1.165, 1.54) is 0 Å². The minimum atomic E-state index is -1.96. The zero-order valence-electron chi connectivity index (χ0n) is 21.1. The largest absolute Gasteiger partial charge is 0.414 e. The SMILES string of the molecule is CC(C)(C)[Si](C)(C)OC[C@H]1OC(C(=O)c2ccccc2)O[C@@H]1CO[Si](C)(C)C(C)(C)C. The van der Waals surface area contributed by atoms with E-state index in [2.05, 4.69) is 67.7 Å². The molecule has 1 aliphatic rings. The number of hydrogen-bond donors (Lipinski definition) is 0. The zero-order valence-corrected chi connectivity index (χ0v) is 23.1. The number of benzene rings is 1. The van der Waals surface area contributed by atoms with Crippen LogP contribution in [-0.4, -0.2) is 54.1 Å². The summed E-state index contributed by atoms with van der Waals surface area (Å²) in [5.74, 6) is -0.159. The monoisotopic (exact) mass is 466 g/mol. The molecule has 1 saturated heterocycles. The smallest absolute Gasteiger partial charge is 0.223 e. The molecule has 2 rings (SSSR count). The van der Waals surface area contributed by atoms with Crippen LogP contribution in [0.4, 0.5) is 0 Å². The molecule has 0 bridgehead atoms. The number of carbonyl (C=O) groups is 1. The third-order valence-corrected chi connectivity index (χ3v) is 16.1. The topological polar surface area (TPSA) is 54.0 Å². The Morgan fingerprint density at radius 3 is 1.55 bits per heavy atom. The summed E-state index contributed by atoms with van der Waals surface area (Å²) >= 11 is 0. The summed E-state index contributed by atoms with van der Waals surface area (Å²) in [6.45, 7) is 23.0. The fourth-order valence-electron chi connectivity index (χ4n) is 2.69. The Bertz CT molecular complexity index is 697. The fraction of sp³-hybridized carbons (Fsp3) is 0.708. The molecule has 1 aliphatic heterocycles. The van der Waals surface area contributed by atoms with Gasteiger partial charge in [0, 0.05) is 5.56 Å². The predicted molar refractivity (Wildman–Crippen MR) is 131 cm³/mol. The minimum Gasteiger partial charge on any atom is -0.414 e. The maximum atomic E-state index is 12.9. The highest BCUT2D eigenvalue weighted by molar-refractivity contribution is 6.74. The average molecular weight is 467 g/mol. The van der Waals surface area contributed by atoms with Crippen LogP contribution in [0.25, 0.3) is 0 Å². The lowest BCUT2D eigenvalue weighted by atomic mass is 10.1. The molecule has 1 heterocycles. The molecule has 0 aromatic heterocycles. The molecule has 1 aromatic rings. The second kappa shape index (κ2) is 9.57. The van der Waals surface area contributed by atoms with Crippen LogP contribution < -0.4 is 0 Å². The normalized spacial score (nSPS) is 21.5. The maximum Gasteiger partial charge on any atom is 0.223 e. The van der Waals surface area contributed by atoms with E-state index in [0.29, 0.717) is 18.8 Å². The van der Waals surface area contributed by atoms with Crippen molar-refractivity contribution in [2.75, 3.05) is 13.2 Å². The molecule has 1 fully saturated rings. The molecular weight excluding hydrogens is 424 g/mol. The summed E-state index contributed by atoms with van der Waals surface area (Å²) in [5, 5.41) is 0.192. The number of ether oxygens (including phenoxy) is 2. The summed E-state index contributed by atoms with van der Waals surface area (Å²) < 4.78 is 25.1. The number of ketones is 1. The Labute approximate surface area is 191 Å². The van der Waals surface area contributed by atoms with Crippen molar-refractivity contribution in [2.24, 2.45) is 0 Å². The fourth-order valence-corrected chi connectivity index (χ4v) is 4.72. The van der Waals surface area contributed by atoms with E-state index in [9.17, 15) is 4.79 Å². The number of carbonyl (C=O) groups excluding carboxylic acids is 1. The van der Waals surface area contributed by atoms with Crippen molar-refractivity contribution in [3.05, 3.63) is 35.9 Å². The van der Waals surface area contributed by atoms with E-state index in [-0.39, 0.29) is 28.1 Å². The Balaban J connectivity index is 2.15. The molecule has 0 aliphatic carbocycles. The van der Waals surface area contributed by atoms with Gasteiger partial charge in [0.05, 0.1) is 13.2 Å². The highest BCUT2D eigenvalue weighted by Gasteiger charge is 2.45. The van der Waals surface area contributed by atoms with Crippen molar-refractivity contribution in [3.63, 3.8) is 0 Å². The van der Waals surface area contributed by atoms with Crippen LogP contribution in [0.3, 0.4) is 0 Å². The van der Waals surface area contributed by atoms with Gasteiger partial charge in [-0.15, -0.1) is 0 Å². The Morgan fingerprint density at radius 1 is 0.806 bits per heavy atom. The van der Waals surface area contributed by atoms with Crippen molar-refractivity contribution < 1.29 is 23.1 Å². The van der Waals surface area contributed by atoms with Gasteiger partial charge in [-0.1, -0.05) is 71.9 Å². The van der Waals surface area contributed by atoms with E-state index in [1.807, 2.05) is 18.2 Å². The van der Waals surface area contributed by atoms with Gasteiger partial charge in [-0.3, -0.25) is 4.79 Å². The standard InChI is InChI=1S/C24H42O5Si2/c1-23(2,3)30(7,8)26-16-19-20(17-27-31(9,10)24(4,5)6)29-22(28-19)21(25)18-14-12-11-13-15-18/h11-15,19-20,22H,16-17H2,1-10H3/t19-,20-/m1/s1. The third kappa shape index (κ3) is 6.59. The van der Waals surface area contributed by atoms with Crippen LogP contribution in [-0.2, 0) is 18.3 Å². The van der Waals surface area contributed by atoms with E-state index in [0.717, 1.165) is 0 Å². The maximum absolute atomic E-state index is 12.9. The van der Waals surface area contributed by atoms with E-state index in [1.54, 1.807) is 12.1 Å². The van der Waals surface area contributed by atoms with Crippen LogP contribution in [0.1, 0.15) is 51.9 Å². The lowest BCUT2D eigenvalue weighted by Gasteiger charge is -2.38. The molecule has 2 atom stereocenters. The van der Waals surface area contributed by atoms with Gasteiger partial charge in [0.25, 0.3) is 0 Å². The summed E-state index contributed by atoms with van der Waals surface area (Å²) in [5.41, 5.74) is 0.586. The Hall–Kier alpha value is -0.836. The lowest BCUT2D eigenvalue weighted by Crippen LogP contribution is -2.46. The number of hydrogen-bond acceptors (Lipinski definition) is 5. The Kier molecular flexibility index (Phi) is 8.16. The van der Waals surface area contributed by atoms with Gasteiger partial charge in [-0.25, -0.2) is 0 Å². The molecule has 0 spiro atoms. The summed E-state index contributed by atoms with van der Waals surface area (Å²) in [7, 11) is -3.91. The molecular formula is C24H42O5Si2. The summed E-state index contributed by atoms with van der Waals surface area (Å²) in [4.78, 5) is 12.9. The molecule has 0 amide bonds. The quantitative estimate of drug-likeness (QED) is 0.346. The van der Waals surface area contributed by atoms with Crippen molar-refractivity contribution in [1.82, 2.24) is 0 Å². The van der Waals surface area contributed by atoms with E-state index >= 15 is 0 Å². The van der Waals surface area contributed by atoms with Crippen molar-refractivity contribution in [2.45, 2.75) is 96.3 Å². The van der Waals surface area contributed by atoms with Crippen LogP contribution in [0.5, 0.6) is 0 Å². The minimum absolute atomic E-state index is 0.0961. The first-order valence-electron chi connectivity index (χ1n) is 11.2. The van der Waals surface area contributed by atoms with Gasteiger partial charge >= 0.3 is 0 Å². The zero-order chi connectivity index (χ0) is 23.7. The summed E-state index contributed by atoms with van der Waals surface area (Å²) in [6.07, 6.45) is -1.60. The van der Waals surface area contributed by atoms with Crippen LogP contribution in [0.2, 0.25) is 36.3 Å². The van der Waals surface area contributed by atoms with Crippen molar-refractivity contribution in [3.8, 4) is 0 Å². The first kappa shape index (κ1) is 26.4. The van der Waals surface area contributed by atoms with Gasteiger partial charge in [-0.05, 0) is 36.3 Å². The van der Waals surface area contributed by atoms with Gasteiger partial charge < -0.3 is 18.3 Å². The van der Waals surface area contributed by atoms with Crippen molar-refractivity contribution >= 4 is 22.4 Å². The first-order valence-corrected chi connectivity index (χ1v) is 17.0.